The Labute approximate surface area is 237 Å². The third kappa shape index (κ3) is 5.16. The first kappa shape index (κ1) is 28.4. The maximum Gasteiger partial charge on any atom is 0.309 e. The van der Waals surface area contributed by atoms with E-state index >= 15 is 4.39 Å². The molecule has 5 rings (SSSR count). The predicted octanol–water partition coefficient (Wildman–Crippen LogP) is 8.27. The standard InChI is InChI=1S/C35H41FO4/c1-22-9-14-31(36)27(18-22)26-13-10-23(19-28(26)32(38-5)34(2,3)4)21-40-25-12-11-24-8-7-16-35(30(24)20-25)17-15-29(35)33(37)39-6/h9-14,18-20,29,32H,7-8,15-17,21H2,1-6H3/t29-,32+,35+/m0/s1. The van der Waals surface area contributed by atoms with Crippen molar-refractivity contribution in [2.45, 2.75) is 77.9 Å². The molecule has 0 aromatic heterocycles. The fraction of sp³-hybridized carbons (Fsp3) is 0.457. The molecule has 0 N–H and O–H groups in total. The first-order chi connectivity index (χ1) is 19.1. The predicted molar refractivity (Wildman–Crippen MR) is 156 cm³/mol. The molecule has 212 valence electrons. The maximum absolute atomic E-state index is 15.0. The van der Waals surface area contributed by atoms with Crippen molar-refractivity contribution in [2.75, 3.05) is 14.2 Å². The number of esters is 1. The van der Waals surface area contributed by atoms with E-state index in [1.807, 2.05) is 31.2 Å². The molecule has 3 atom stereocenters. The summed E-state index contributed by atoms with van der Waals surface area (Å²) in [7, 11) is 3.19. The minimum absolute atomic E-state index is 0.0766. The molecule has 5 heteroatoms. The van der Waals surface area contributed by atoms with Gasteiger partial charge < -0.3 is 14.2 Å². The first-order valence-corrected chi connectivity index (χ1v) is 14.3. The van der Waals surface area contributed by atoms with E-state index in [0.29, 0.717) is 12.2 Å². The Balaban J connectivity index is 1.46. The van der Waals surface area contributed by atoms with Crippen LogP contribution in [-0.2, 0) is 32.7 Å². The third-order valence-electron chi connectivity index (χ3n) is 8.96. The normalized spacial score (nSPS) is 20.9. The van der Waals surface area contributed by atoms with E-state index < -0.39 is 0 Å². The van der Waals surface area contributed by atoms with Crippen molar-refractivity contribution < 1.29 is 23.4 Å². The molecule has 40 heavy (non-hydrogen) atoms. The van der Waals surface area contributed by atoms with Gasteiger partial charge >= 0.3 is 5.97 Å². The second kappa shape index (κ2) is 11.0. The van der Waals surface area contributed by atoms with E-state index in [1.54, 1.807) is 13.2 Å². The molecular weight excluding hydrogens is 503 g/mol. The molecule has 2 aliphatic rings. The molecule has 0 aliphatic heterocycles. The number of halogens is 1. The fourth-order valence-electron chi connectivity index (χ4n) is 6.92. The van der Waals surface area contributed by atoms with Crippen molar-refractivity contribution in [3.63, 3.8) is 0 Å². The van der Waals surface area contributed by atoms with Gasteiger partial charge in [0.05, 0.1) is 19.1 Å². The summed E-state index contributed by atoms with van der Waals surface area (Å²) in [5, 5.41) is 0. The van der Waals surface area contributed by atoms with Crippen LogP contribution < -0.4 is 4.74 Å². The van der Waals surface area contributed by atoms with Gasteiger partial charge in [0.2, 0.25) is 0 Å². The minimum Gasteiger partial charge on any atom is -0.489 e. The fourth-order valence-corrected chi connectivity index (χ4v) is 6.92. The van der Waals surface area contributed by atoms with Crippen molar-refractivity contribution in [1.29, 1.82) is 0 Å². The lowest BCUT2D eigenvalue weighted by Gasteiger charge is -2.51. The van der Waals surface area contributed by atoms with E-state index in [9.17, 15) is 4.79 Å². The zero-order valence-electron chi connectivity index (χ0n) is 24.6. The van der Waals surface area contributed by atoms with Crippen LogP contribution in [0, 0.1) is 24.1 Å². The second-order valence-electron chi connectivity index (χ2n) is 12.6. The van der Waals surface area contributed by atoms with Crippen LogP contribution in [0.1, 0.15) is 80.4 Å². The number of aryl methyl sites for hydroxylation is 2. The Morgan fingerprint density at radius 1 is 1.02 bits per heavy atom. The highest BCUT2D eigenvalue weighted by atomic mass is 19.1. The van der Waals surface area contributed by atoms with Crippen LogP contribution in [0.15, 0.2) is 54.6 Å². The number of carbonyl (C=O) groups excluding carboxylic acids is 1. The number of ether oxygens (including phenoxy) is 3. The quantitative estimate of drug-likeness (QED) is 0.281. The van der Waals surface area contributed by atoms with Crippen LogP contribution in [0.5, 0.6) is 5.75 Å². The molecule has 0 saturated heterocycles. The van der Waals surface area contributed by atoms with Crippen molar-refractivity contribution in [2.24, 2.45) is 11.3 Å². The van der Waals surface area contributed by atoms with Crippen LogP contribution in [-0.4, -0.2) is 20.2 Å². The third-order valence-corrected chi connectivity index (χ3v) is 8.96. The SMILES string of the molecule is COC(=O)[C@@H]1CC[C@]12CCCc1ccc(OCc3ccc(-c4cc(C)ccc4F)c([C@@H](OC)C(C)(C)C)c3)cc12. The Bertz CT molecular complexity index is 1400. The van der Waals surface area contributed by atoms with E-state index in [-0.39, 0.29) is 34.6 Å². The molecule has 1 saturated carbocycles. The van der Waals surface area contributed by atoms with Crippen LogP contribution >= 0.6 is 0 Å². The zero-order valence-corrected chi connectivity index (χ0v) is 24.6. The van der Waals surface area contributed by atoms with Gasteiger partial charge in [0.15, 0.2) is 0 Å². The molecule has 1 fully saturated rings. The number of carbonyl (C=O) groups is 1. The molecule has 0 bridgehead atoms. The molecule has 1 spiro atoms. The summed E-state index contributed by atoms with van der Waals surface area (Å²) in [6.07, 6.45) is 4.77. The number of hydrogen-bond donors (Lipinski definition) is 0. The number of rotatable bonds is 7. The zero-order chi connectivity index (χ0) is 28.7. The minimum atomic E-state index is -0.246. The summed E-state index contributed by atoms with van der Waals surface area (Å²) >= 11 is 0. The van der Waals surface area contributed by atoms with Crippen molar-refractivity contribution in [3.05, 3.63) is 88.2 Å². The maximum atomic E-state index is 15.0. The summed E-state index contributed by atoms with van der Waals surface area (Å²) in [5.74, 6) is 0.371. The largest absolute Gasteiger partial charge is 0.489 e. The van der Waals surface area contributed by atoms with Crippen molar-refractivity contribution in [1.82, 2.24) is 0 Å². The van der Waals surface area contributed by atoms with E-state index in [2.05, 4.69) is 39.0 Å². The molecule has 3 aromatic rings. The summed E-state index contributed by atoms with van der Waals surface area (Å²) < 4.78 is 32.5. The average Bonchev–Trinajstić information content (AvgIpc) is 2.92. The average molecular weight is 545 g/mol. The van der Waals surface area contributed by atoms with E-state index in [4.69, 9.17) is 14.2 Å². The molecule has 0 radical (unpaired) electrons. The number of benzene rings is 3. The molecule has 2 aliphatic carbocycles. The molecule has 0 heterocycles. The molecule has 4 nitrogen and oxygen atoms in total. The van der Waals surface area contributed by atoms with Crippen LogP contribution in [0.2, 0.25) is 0 Å². The summed E-state index contributed by atoms with van der Waals surface area (Å²) in [6.45, 7) is 8.74. The van der Waals surface area contributed by atoms with Gasteiger partial charge in [0.25, 0.3) is 0 Å². The van der Waals surface area contributed by atoms with E-state index in [0.717, 1.165) is 60.1 Å². The van der Waals surface area contributed by atoms with Crippen molar-refractivity contribution in [3.8, 4) is 16.9 Å². The van der Waals surface area contributed by atoms with Gasteiger partial charge in [-0.2, -0.15) is 0 Å². The van der Waals surface area contributed by atoms with Gasteiger partial charge in [-0.3, -0.25) is 4.79 Å². The Morgan fingerprint density at radius 3 is 2.50 bits per heavy atom. The molecule has 3 aromatic carbocycles. The highest BCUT2D eigenvalue weighted by Crippen LogP contribution is 2.56. The summed E-state index contributed by atoms with van der Waals surface area (Å²) in [5.41, 5.74) is 6.58. The highest BCUT2D eigenvalue weighted by molar-refractivity contribution is 5.76. The lowest BCUT2D eigenvalue weighted by Crippen LogP contribution is -2.50. The topological polar surface area (TPSA) is 44.8 Å². The lowest BCUT2D eigenvalue weighted by atomic mass is 9.52. The van der Waals surface area contributed by atoms with Crippen LogP contribution in [0.4, 0.5) is 4.39 Å². The van der Waals surface area contributed by atoms with Gasteiger partial charge in [-0.15, -0.1) is 0 Å². The smallest absolute Gasteiger partial charge is 0.309 e. The van der Waals surface area contributed by atoms with Gasteiger partial charge in [-0.1, -0.05) is 50.6 Å². The highest BCUT2D eigenvalue weighted by Gasteiger charge is 2.53. The van der Waals surface area contributed by atoms with Crippen LogP contribution in [0.25, 0.3) is 11.1 Å². The second-order valence-corrected chi connectivity index (χ2v) is 12.6. The lowest BCUT2D eigenvalue weighted by molar-refractivity contribution is -0.153. The van der Waals surface area contributed by atoms with Gasteiger partial charge in [0, 0.05) is 18.1 Å². The number of fused-ring (bicyclic) bond motifs is 2. The monoisotopic (exact) mass is 544 g/mol. The van der Waals surface area contributed by atoms with Crippen LogP contribution in [0.3, 0.4) is 0 Å². The molecule has 0 unspecified atom stereocenters. The molecule has 0 amide bonds. The Kier molecular flexibility index (Phi) is 7.80. The van der Waals surface area contributed by atoms with Gasteiger partial charge in [-0.25, -0.2) is 4.39 Å². The first-order valence-electron chi connectivity index (χ1n) is 14.3. The van der Waals surface area contributed by atoms with Crippen molar-refractivity contribution >= 4 is 5.97 Å². The Hall–Kier alpha value is -3.18. The summed E-state index contributed by atoms with van der Waals surface area (Å²) in [6, 6.07) is 17.6. The molecular formula is C35H41FO4. The number of hydrogen-bond acceptors (Lipinski definition) is 4. The summed E-state index contributed by atoms with van der Waals surface area (Å²) in [4.78, 5) is 12.5. The van der Waals surface area contributed by atoms with E-state index in [1.165, 1.54) is 24.3 Å². The Morgan fingerprint density at radius 2 is 1.82 bits per heavy atom. The van der Waals surface area contributed by atoms with Gasteiger partial charge in [0.1, 0.15) is 18.2 Å². The van der Waals surface area contributed by atoms with Gasteiger partial charge in [-0.05, 0) is 103 Å². The number of methoxy groups -OCH3 is 2.